The van der Waals surface area contributed by atoms with Crippen LogP contribution in [-0.4, -0.2) is 7.11 Å². The van der Waals surface area contributed by atoms with E-state index in [1.165, 1.54) is 27.5 Å². The molecule has 3 rings (SSSR count). The predicted molar refractivity (Wildman–Crippen MR) is 90.6 cm³/mol. The molecule has 3 aromatic rings. The Labute approximate surface area is 125 Å². The van der Waals surface area contributed by atoms with Crippen LogP contribution in [0.25, 0.3) is 22.9 Å². The van der Waals surface area contributed by atoms with Crippen LogP contribution in [0.15, 0.2) is 60.7 Å². The van der Waals surface area contributed by atoms with Gasteiger partial charge in [0, 0.05) is 0 Å². The molecule has 104 valence electrons. The number of methoxy groups -OCH3 is 1. The second-order valence-corrected chi connectivity index (χ2v) is 5.22. The highest BCUT2D eigenvalue weighted by molar-refractivity contribution is 5.87. The maximum atomic E-state index is 5.25. The van der Waals surface area contributed by atoms with E-state index >= 15 is 0 Å². The van der Waals surface area contributed by atoms with Gasteiger partial charge < -0.3 is 4.74 Å². The maximum Gasteiger partial charge on any atom is 0.119 e. The van der Waals surface area contributed by atoms with Crippen molar-refractivity contribution in [1.82, 2.24) is 0 Å². The van der Waals surface area contributed by atoms with E-state index < -0.39 is 0 Å². The zero-order valence-corrected chi connectivity index (χ0v) is 12.3. The first-order valence-corrected chi connectivity index (χ1v) is 7.07. The van der Waals surface area contributed by atoms with Crippen LogP contribution in [0, 0.1) is 6.92 Å². The van der Waals surface area contributed by atoms with Crippen LogP contribution < -0.4 is 4.74 Å². The second-order valence-electron chi connectivity index (χ2n) is 5.22. The molecule has 0 saturated carbocycles. The number of aryl methyl sites for hydroxylation is 1. The summed E-state index contributed by atoms with van der Waals surface area (Å²) >= 11 is 0. The molecule has 0 aliphatic rings. The van der Waals surface area contributed by atoms with E-state index in [0.717, 1.165) is 5.75 Å². The Bertz CT molecular complexity index is 783. The Kier molecular flexibility index (Phi) is 3.74. The molecule has 0 heterocycles. The first-order chi connectivity index (χ1) is 10.2. The van der Waals surface area contributed by atoms with Crippen molar-refractivity contribution in [3.05, 3.63) is 77.4 Å². The molecule has 0 amide bonds. The molecule has 0 saturated heterocycles. The Morgan fingerprint density at radius 1 is 0.714 bits per heavy atom. The van der Waals surface area contributed by atoms with Crippen molar-refractivity contribution >= 4 is 22.9 Å². The summed E-state index contributed by atoms with van der Waals surface area (Å²) in [5, 5.41) is 2.42. The smallest absolute Gasteiger partial charge is 0.119 e. The molecule has 0 N–H and O–H groups in total. The van der Waals surface area contributed by atoms with Gasteiger partial charge in [-0.25, -0.2) is 0 Å². The molecule has 3 aromatic carbocycles. The lowest BCUT2D eigenvalue weighted by Crippen LogP contribution is -1.82. The molecular formula is C20H18O. The van der Waals surface area contributed by atoms with Crippen LogP contribution in [-0.2, 0) is 0 Å². The molecule has 21 heavy (non-hydrogen) atoms. The van der Waals surface area contributed by atoms with Crippen molar-refractivity contribution in [2.24, 2.45) is 0 Å². The number of hydrogen-bond donors (Lipinski definition) is 0. The monoisotopic (exact) mass is 274 g/mol. The van der Waals surface area contributed by atoms with Gasteiger partial charge in [-0.1, -0.05) is 60.2 Å². The summed E-state index contributed by atoms with van der Waals surface area (Å²) in [6, 6.07) is 21.1. The van der Waals surface area contributed by atoms with Crippen LogP contribution in [0.5, 0.6) is 5.75 Å². The highest BCUT2D eigenvalue weighted by atomic mass is 16.5. The molecule has 0 radical (unpaired) electrons. The summed E-state index contributed by atoms with van der Waals surface area (Å²) in [5.74, 6) is 0.894. The molecule has 0 fully saturated rings. The first kappa shape index (κ1) is 13.4. The lowest BCUT2D eigenvalue weighted by Gasteiger charge is -2.03. The Hall–Kier alpha value is -2.54. The summed E-state index contributed by atoms with van der Waals surface area (Å²) in [7, 11) is 1.69. The zero-order chi connectivity index (χ0) is 14.7. The third kappa shape index (κ3) is 3.14. The minimum atomic E-state index is 0.894. The minimum absolute atomic E-state index is 0.894. The molecule has 1 nitrogen and oxygen atoms in total. The molecule has 0 unspecified atom stereocenters. The van der Waals surface area contributed by atoms with E-state index in [9.17, 15) is 0 Å². The van der Waals surface area contributed by atoms with E-state index in [4.69, 9.17) is 4.74 Å². The van der Waals surface area contributed by atoms with Gasteiger partial charge in [-0.3, -0.25) is 0 Å². The van der Waals surface area contributed by atoms with Crippen molar-refractivity contribution in [2.75, 3.05) is 7.11 Å². The standard InChI is InChI=1S/C20H18O/c1-15-3-5-16(6-4-15)7-8-17-9-10-19-14-20(21-2)12-11-18(19)13-17/h3-14H,1-2H3. The molecule has 0 spiro atoms. The van der Waals surface area contributed by atoms with E-state index in [-0.39, 0.29) is 0 Å². The summed E-state index contributed by atoms with van der Waals surface area (Å²) in [6.45, 7) is 2.10. The summed E-state index contributed by atoms with van der Waals surface area (Å²) in [5.41, 5.74) is 3.70. The average Bonchev–Trinajstić information content (AvgIpc) is 2.53. The topological polar surface area (TPSA) is 9.23 Å². The lowest BCUT2D eigenvalue weighted by atomic mass is 10.1. The van der Waals surface area contributed by atoms with E-state index in [1.54, 1.807) is 7.11 Å². The largest absolute Gasteiger partial charge is 0.497 e. The number of rotatable bonds is 3. The van der Waals surface area contributed by atoms with Crippen LogP contribution in [0.3, 0.4) is 0 Å². The second kappa shape index (κ2) is 5.84. The Morgan fingerprint density at radius 3 is 2.10 bits per heavy atom. The van der Waals surface area contributed by atoms with Crippen LogP contribution in [0.1, 0.15) is 16.7 Å². The highest BCUT2D eigenvalue weighted by Crippen LogP contribution is 2.22. The molecule has 0 atom stereocenters. The van der Waals surface area contributed by atoms with E-state index in [1.807, 2.05) is 6.07 Å². The van der Waals surface area contributed by atoms with Gasteiger partial charge in [0.15, 0.2) is 0 Å². The Balaban J connectivity index is 1.88. The van der Waals surface area contributed by atoms with Gasteiger partial charge in [0.1, 0.15) is 5.75 Å². The summed E-state index contributed by atoms with van der Waals surface area (Å²) in [4.78, 5) is 0. The fourth-order valence-electron chi connectivity index (χ4n) is 2.34. The highest BCUT2D eigenvalue weighted by Gasteiger charge is 1.97. The molecule has 0 aliphatic heterocycles. The van der Waals surface area contributed by atoms with Crippen molar-refractivity contribution in [3.8, 4) is 5.75 Å². The lowest BCUT2D eigenvalue weighted by molar-refractivity contribution is 0.415. The van der Waals surface area contributed by atoms with Crippen LogP contribution in [0.4, 0.5) is 0 Å². The van der Waals surface area contributed by atoms with Crippen molar-refractivity contribution < 1.29 is 4.74 Å². The third-order valence-electron chi connectivity index (χ3n) is 3.62. The number of ether oxygens (including phenoxy) is 1. The molecular weight excluding hydrogens is 256 g/mol. The number of fused-ring (bicyclic) bond motifs is 1. The first-order valence-electron chi connectivity index (χ1n) is 7.07. The van der Waals surface area contributed by atoms with Crippen molar-refractivity contribution in [1.29, 1.82) is 0 Å². The number of hydrogen-bond acceptors (Lipinski definition) is 1. The van der Waals surface area contributed by atoms with Gasteiger partial charge in [-0.05, 0) is 47.0 Å². The summed E-state index contributed by atoms with van der Waals surface area (Å²) < 4.78 is 5.25. The predicted octanol–water partition coefficient (Wildman–Crippen LogP) is 5.33. The number of benzene rings is 3. The van der Waals surface area contributed by atoms with Gasteiger partial charge in [-0.15, -0.1) is 0 Å². The Morgan fingerprint density at radius 2 is 1.33 bits per heavy atom. The van der Waals surface area contributed by atoms with Crippen LogP contribution >= 0.6 is 0 Å². The zero-order valence-electron chi connectivity index (χ0n) is 12.3. The quantitative estimate of drug-likeness (QED) is 0.587. The molecule has 0 aromatic heterocycles. The molecule has 0 aliphatic carbocycles. The van der Waals surface area contributed by atoms with Gasteiger partial charge in [0.05, 0.1) is 7.11 Å². The van der Waals surface area contributed by atoms with Crippen molar-refractivity contribution in [2.45, 2.75) is 6.92 Å². The third-order valence-corrected chi connectivity index (χ3v) is 3.62. The fraction of sp³-hybridized carbons (Fsp3) is 0.100. The fourth-order valence-corrected chi connectivity index (χ4v) is 2.34. The average molecular weight is 274 g/mol. The van der Waals surface area contributed by atoms with Gasteiger partial charge in [-0.2, -0.15) is 0 Å². The normalized spacial score (nSPS) is 11.1. The van der Waals surface area contributed by atoms with Gasteiger partial charge in [0.25, 0.3) is 0 Å². The molecule has 0 bridgehead atoms. The van der Waals surface area contributed by atoms with Crippen LogP contribution in [0.2, 0.25) is 0 Å². The van der Waals surface area contributed by atoms with Gasteiger partial charge >= 0.3 is 0 Å². The molecule has 1 heteroatoms. The SMILES string of the molecule is COc1ccc2cc(C=Cc3ccc(C)cc3)ccc2c1. The maximum absolute atomic E-state index is 5.25. The van der Waals surface area contributed by atoms with Crippen molar-refractivity contribution in [3.63, 3.8) is 0 Å². The van der Waals surface area contributed by atoms with E-state index in [2.05, 4.69) is 73.7 Å². The van der Waals surface area contributed by atoms with Gasteiger partial charge in [0.2, 0.25) is 0 Å². The summed E-state index contributed by atoms with van der Waals surface area (Å²) in [6.07, 6.45) is 4.29. The van der Waals surface area contributed by atoms with E-state index in [0.29, 0.717) is 0 Å². The minimum Gasteiger partial charge on any atom is -0.497 e.